The summed E-state index contributed by atoms with van der Waals surface area (Å²) in [5, 5.41) is 0. The third-order valence-electron chi connectivity index (χ3n) is 4.01. The van der Waals surface area contributed by atoms with Crippen molar-refractivity contribution in [2.45, 2.75) is 38.1 Å². The van der Waals surface area contributed by atoms with Crippen LogP contribution in [0.3, 0.4) is 0 Å². The van der Waals surface area contributed by atoms with Crippen molar-refractivity contribution in [2.24, 2.45) is 17.6 Å². The lowest BCUT2D eigenvalue weighted by molar-refractivity contribution is 0.0410. The highest BCUT2D eigenvalue weighted by molar-refractivity contribution is 4.91. The Bertz CT molecular complexity index is 161. The zero-order valence-corrected chi connectivity index (χ0v) is 8.71. The maximum Gasteiger partial charge on any atom is 0.0161 e. The lowest BCUT2D eigenvalue weighted by Crippen LogP contribution is -2.51. The number of piperidine rings is 1. The maximum absolute atomic E-state index is 5.85. The number of rotatable bonds is 1. The third kappa shape index (κ3) is 1.75. The molecule has 2 nitrogen and oxygen atoms in total. The smallest absolute Gasteiger partial charge is 0.0161 e. The summed E-state index contributed by atoms with van der Waals surface area (Å²) >= 11 is 0. The van der Waals surface area contributed by atoms with Crippen LogP contribution in [-0.4, -0.2) is 31.1 Å². The van der Waals surface area contributed by atoms with Crippen molar-refractivity contribution in [1.29, 1.82) is 0 Å². The molecule has 3 atom stereocenters. The van der Waals surface area contributed by atoms with Gasteiger partial charge in [0.2, 0.25) is 0 Å². The summed E-state index contributed by atoms with van der Waals surface area (Å²) in [5.41, 5.74) is 5.85. The van der Waals surface area contributed by atoms with Crippen LogP contribution in [0.2, 0.25) is 0 Å². The Morgan fingerprint density at radius 2 is 2.00 bits per heavy atom. The molecule has 0 aromatic carbocycles. The van der Waals surface area contributed by atoms with Crippen LogP contribution in [0.4, 0.5) is 0 Å². The van der Waals surface area contributed by atoms with E-state index < -0.39 is 0 Å². The van der Waals surface area contributed by atoms with Crippen LogP contribution in [0.5, 0.6) is 0 Å². The second-order valence-electron chi connectivity index (χ2n) is 4.80. The summed E-state index contributed by atoms with van der Waals surface area (Å²) in [5.74, 6) is 1.74. The molecule has 2 aliphatic rings. The molecular formula is C11H22N2. The number of likely N-dealkylation sites (tertiary alicyclic amines) is 1. The normalized spacial score (nSPS) is 41.5. The maximum atomic E-state index is 5.85. The molecule has 1 heterocycles. The van der Waals surface area contributed by atoms with E-state index in [2.05, 4.69) is 11.9 Å². The van der Waals surface area contributed by atoms with E-state index in [-0.39, 0.29) is 0 Å². The highest BCUT2D eigenvalue weighted by atomic mass is 15.1. The number of nitrogens with two attached hydrogens (primary N) is 1. The fourth-order valence-electron chi connectivity index (χ4n) is 3.41. The van der Waals surface area contributed by atoms with Crippen molar-refractivity contribution < 1.29 is 0 Å². The predicted octanol–water partition coefficient (Wildman–Crippen LogP) is 1.46. The molecule has 1 aliphatic heterocycles. The molecule has 2 N–H and O–H groups in total. The van der Waals surface area contributed by atoms with Gasteiger partial charge in [-0.3, -0.25) is 0 Å². The van der Waals surface area contributed by atoms with Crippen LogP contribution in [0.1, 0.15) is 32.1 Å². The molecule has 2 rings (SSSR count). The minimum absolute atomic E-state index is 0.782. The van der Waals surface area contributed by atoms with Gasteiger partial charge in [0.1, 0.15) is 0 Å². The number of nitrogens with zero attached hydrogens (tertiary/aromatic N) is 1. The molecule has 2 fully saturated rings. The van der Waals surface area contributed by atoms with E-state index in [1.165, 1.54) is 38.6 Å². The van der Waals surface area contributed by atoms with Crippen LogP contribution in [0.15, 0.2) is 0 Å². The standard InChI is InChI=1S/C11H22N2/c1-13-7-3-6-9-4-2-5-10(8-12)11(9)13/h9-11H,2-8,12H2,1H3/t9-,10+,11-/m1/s1. The average Bonchev–Trinajstić information content (AvgIpc) is 2.17. The quantitative estimate of drug-likeness (QED) is 0.665. The number of hydrogen-bond acceptors (Lipinski definition) is 2. The van der Waals surface area contributed by atoms with Gasteiger partial charge in [0.05, 0.1) is 0 Å². The van der Waals surface area contributed by atoms with Gasteiger partial charge in [-0.25, -0.2) is 0 Å². The summed E-state index contributed by atoms with van der Waals surface area (Å²) < 4.78 is 0. The fraction of sp³-hybridized carbons (Fsp3) is 1.00. The monoisotopic (exact) mass is 182 g/mol. The van der Waals surface area contributed by atoms with Gasteiger partial charge in [0.15, 0.2) is 0 Å². The molecule has 0 aromatic heterocycles. The second kappa shape index (κ2) is 3.97. The Kier molecular flexibility index (Phi) is 2.89. The molecule has 0 radical (unpaired) electrons. The van der Waals surface area contributed by atoms with Gasteiger partial charge >= 0.3 is 0 Å². The van der Waals surface area contributed by atoms with E-state index in [4.69, 9.17) is 5.73 Å². The minimum atomic E-state index is 0.782. The first-order valence-electron chi connectivity index (χ1n) is 5.73. The van der Waals surface area contributed by atoms with Crippen LogP contribution < -0.4 is 5.73 Å². The first-order valence-corrected chi connectivity index (χ1v) is 5.73. The summed E-state index contributed by atoms with van der Waals surface area (Å²) in [6, 6.07) is 0.812. The summed E-state index contributed by atoms with van der Waals surface area (Å²) in [7, 11) is 2.28. The topological polar surface area (TPSA) is 29.3 Å². The van der Waals surface area contributed by atoms with Gasteiger partial charge in [-0.05, 0) is 57.7 Å². The first-order chi connectivity index (χ1) is 6.33. The van der Waals surface area contributed by atoms with Crippen molar-refractivity contribution >= 4 is 0 Å². The summed E-state index contributed by atoms with van der Waals surface area (Å²) in [4.78, 5) is 2.56. The van der Waals surface area contributed by atoms with Gasteiger partial charge in [-0.1, -0.05) is 6.42 Å². The van der Waals surface area contributed by atoms with Crippen LogP contribution in [0, 0.1) is 11.8 Å². The van der Waals surface area contributed by atoms with Crippen molar-refractivity contribution in [3.05, 3.63) is 0 Å². The fourth-order valence-corrected chi connectivity index (χ4v) is 3.41. The Morgan fingerprint density at radius 3 is 2.77 bits per heavy atom. The largest absolute Gasteiger partial charge is 0.330 e. The average molecular weight is 182 g/mol. The van der Waals surface area contributed by atoms with Crippen molar-refractivity contribution in [2.75, 3.05) is 20.1 Å². The molecule has 0 amide bonds. The van der Waals surface area contributed by atoms with Crippen molar-refractivity contribution in [1.82, 2.24) is 4.90 Å². The molecule has 0 bridgehead atoms. The molecule has 13 heavy (non-hydrogen) atoms. The number of hydrogen-bond donors (Lipinski definition) is 1. The van der Waals surface area contributed by atoms with E-state index in [0.29, 0.717) is 0 Å². The van der Waals surface area contributed by atoms with Crippen LogP contribution >= 0.6 is 0 Å². The molecule has 0 spiro atoms. The van der Waals surface area contributed by atoms with Crippen LogP contribution in [0.25, 0.3) is 0 Å². The van der Waals surface area contributed by atoms with Gasteiger partial charge in [-0.2, -0.15) is 0 Å². The van der Waals surface area contributed by atoms with Gasteiger partial charge < -0.3 is 10.6 Å². The number of fused-ring (bicyclic) bond motifs is 1. The molecule has 1 saturated carbocycles. The molecule has 0 unspecified atom stereocenters. The van der Waals surface area contributed by atoms with E-state index in [1.54, 1.807) is 0 Å². The second-order valence-corrected chi connectivity index (χ2v) is 4.80. The Balaban J connectivity index is 2.07. The molecule has 1 aliphatic carbocycles. The molecule has 76 valence electrons. The van der Waals surface area contributed by atoms with Gasteiger partial charge in [0.25, 0.3) is 0 Å². The summed E-state index contributed by atoms with van der Waals surface area (Å²) in [6.45, 7) is 2.18. The van der Waals surface area contributed by atoms with E-state index in [0.717, 1.165) is 24.4 Å². The first kappa shape index (κ1) is 9.47. The lowest BCUT2D eigenvalue weighted by atomic mass is 9.72. The third-order valence-corrected chi connectivity index (χ3v) is 4.01. The Labute approximate surface area is 81.5 Å². The minimum Gasteiger partial charge on any atom is -0.330 e. The molecule has 0 aromatic rings. The van der Waals surface area contributed by atoms with Crippen LogP contribution in [-0.2, 0) is 0 Å². The van der Waals surface area contributed by atoms with Crippen molar-refractivity contribution in [3.63, 3.8) is 0 Å². The summed E-state index contributed by atoms with van der Waals surface area (Å²) in [6.07, 6.45) is 7.07. The van der Waals surface area contributed by atoms with E-state index >= 15 is 0 Å². The predicted molar refractivity (Wildman–Crippen MR) is 55.5 cm³/mol. The molecule has 2 heteroatoms. The Morgan fingerprint density at radius 1 is 1.23 bits per heavy atom. The zero-order valence-electron chi connectivity index (χ0n) is 8.71. The molecule has 1 saturated heterocycles. The Hall–Kier alpha value is -0.0800. The SMILES string of the molecule is CN1CCC[C@H]2CCC[C@@H](CN)[C@@H]21. The highest BCUT2D eigenvalue weighted by Gasteiger charge is 2.36. The zero-order chi connectivity index (χ0) is 9.26. The van der Waals surface area contributed by atoms with E-state index in [1.807, 2.05) is 0 Å². The lowest BCUT2D eigenvalue weighted by Gasteiger charge is -2.46. The highest BCUT2D eigenvalue weighted by Crippen LogP contribution is 2.37. The van der Waals surface area contributed by atoms with Gasteiger partial charge in [-0.15, -0.1) is 0 Å². The van der Waals surface area contributed by atoms with E-state index in [9.17, 15) is 0 Å². The van der Waals surface area contributed by atoms with Crippen molar-refractivity contribution in [3.8, 4) is 0 Å². The molecular weight excluding hydrogens is 160 g/mol. The van der Waals surface area contributed by atoms with Gasteiger partial charge in [0, 0.05) is 6.04 Å².